The van der Waals surface area contributed by atoms with Crippen LogP contribution >= 0.6 is 0 Å². The fourth-order valence-electron chi connectivity index (χ4n) is 1.02. The highest BCUT2D eigenvalue weighted by Crippen LogP contribution is 2.00. The van der Waals surface area contributed by atoms with Crippen LogP contribution in [-0.4, -0.2) is 15.7 Å². The molecule has 0 N–H and O–H groups in total. The topological polar surface area (TPSA) is 40.9 Å². The summed E-state index contributed by atoms with van der Waals surface area (Å²) in [7, 11) is -0.982. The first-order valence-electron chi connectivity index (χ1n) is 4.09. The Kier molecular flexibility index (Phi) is 4.20. The summed E-state index contributed by atoms with van der Waals surface area (Å²) in [5, 5.41) is 8.29. The van der Waals surface area contributed by atoms with E-state index >= 15 is 0 Å². The molecule has 1 aromatic carbocycles. The van der Waals surface area contributed by atoms with Crippen molar-refractivity contribution in [3.8, 4) is 6.07 Å². The minimum Gasteiger partial charge on any atom is -0.259 e. The molecule has 1 unspecified atom stereocenters. The Hall–Kier alpha value is -1.14. The minimum atomic E-state index is -0.982. The van der Waals surface area contributed by atoms with Gasteiger partial charge in [0.15, 0.2) is 0 Å². The van der Waals surface area contributed by atoms with E-state index in [4.69, 9.17) is 5.26 Å². The maximum absolute atomic E-state index is 11.1. The molecule has 0 aliphatic heterocycles. The predicted molar refractivity (Wildman–Crippen MR) is 53.6 cm³/mol. The molecule has 0 aliphatic carbocycles. The van der Waals surface area contributed by atoms with Crippen LogP contribution in [0.15, 0.2) is 30.3 Å². The van der Waals surface area contributed by atoms with Crippen LogP contribution in [0.3, 0.4) is 0 Å². The lowest BCUT2D eigenvalue weighted by Gasteiger charge is -1.98. The third kappa shape index (κ3) is 3.86. The Balaban J connectivity index is 2.36. The quantitative estimate of drug-likeness (QED) is 0.727. The van der Waals surface area contributed by atoms with Gasteiger partial charge in [-0.05, 0) is 12.0 Å². The van der Waals surface area contributed by atoms with Gasteiger partial charge in [0.1, 0.15) is 5.75 Å². The molecule has 0 aliphatic rings. The molecule has 0 amide bonds. The number of rotatable bonds is 4. The van der Waals surface area contributed by atoms with Crippen LogP contribution in [-0.2, 0) is 17.2 Å². The van der Waals surface area contributed by atoms with Crippen molar-refractivity contribution in [2.45, 2.75) is 6.42 Å². The van der Waals surface area contributed by atoms with Crippen molar-refractivity contribution in [2.24, 2.45) is 0 Å². The van der Waals surface area contributed by atoms with E-state index in [1.807, 2.05) is 36.4 Å². The molecule has 0 saturated heterocycles. The summed E-state index contributed by atoms with van der Waals surface area (Å²) < 4.78 is 11.1. The smallest absolute Gasteiger partial charge is 0.111 e. The van der Waals surface area contributed by atoms with Crippen molar-refractivity contribution < 1.29 is 4.21 Å². The van der Waals surface area contributed by atoms with Crippen LogP contribution in [0.1, 0.15) is 5.56 Å². The van der Waals surface area contributed by atoms with Crippen LogP contribution in [0.2, 0.25) is 0 Å². The van der Waals surface area contributed by atoms with Crippen LogP contribution < -0.4 is 0 Å². The zero-order valence-electron chi connectivity index (χ0n) is 7.27. The normalized spacial score (nSPS) is 11.9. The van der Waals surface area contributed by atoms with E-state index in [9.17, 15) is 4.21 Å². The molecule has 68 valence electrons. The molecule has 0 fully saturated rings. The van der Waals surface area contributed by atoms with Crippen molar-refractivity contribution in [1.82, 2.24) is 0 Å². The SMILES string of the molecule is N#CCS(=O)CCc1ccccc1. The Bertz CT molecular complexity index is 315. The van der Waals surface area contributed by atoms with Gasteiger partial charge >= 0.3 is 0 Å². The molecule has 0 heterocycles. The molecular weight excluding hydrogens is 182 g/mol. The molecule has 1 rings (SSSR count). The summed E-state index contributed by atoms with van der Waals surface area (Å²) in [5.41, 5.74) is 1.17. The Labute approximate surface area is 80.7 Å². The third-order valence-corrected chi connectivity index (χ3v) is 2.80. The second kappa shape index (κ2) is 5.50. The molecule has 0 radical (unpaired) electrons. The number of benzene rings is 1. The standard InChI is InChI=1S/C10H11NOS/c11-7-9-13(12)8-6-10-4-2-1-3-5-10/h1-5H,6,8-9H2. The van der Waals surface area contributed by atoms with Crippen LogP contribution in [0.4, 0.5) is 0 Å². The largest absolute Gasteiger partial charge is 0.259 e. The van der Waals surface area contributed by atoms with E-state index in [0.717, 1.165) is 6.42 Å². The van der Waals surface area contributed by atoms with Gasteiger partial charge in [-0.15, -0.1) is 0 Å². The van der Waals surface area contributed by atoms with Gasteiger partial charge < -0.3 is 0 Å². The van der Waals surface area contributed by atoms with E-state index in [1.165, 1.54) is 5.56 Å². The third-order valence-electron chi connectivity index (χ3n) is 1.69. The fourth-order valence-corrected chi connectivity index (χ4v) is 1.77. The van der Waals surface area contributed by atoms with Crippen molar-refractivity contribution >= 4 is 10.8 Å². The number of aryl methyl sites for hydroxylation is 1. The lowest BCUT2D eigenvalue weighted by Crippen LogP contribution is -2.03. The second-order valence-corrected chi connectivity index (χ2v) is 4.26. The van der Waals surface area contributed by atoms with Gasteiger partial charge in [-0.25, -0.2) is 0 Å². The van der Waals surface area contributed by atoms with Gasteiger partial charge in [0, 0.05) is 16.6 Å². The maximum atomic E-state index is 11.1. The van der Waals surface area contributed by atoms with Gasteiger partial charge in [-0.2, -0.15) is 5.26 Å². The molecule has 1 aromatic rings. The average molecular weight is 193 g/mol. The highest BCUT2D eigenvalue weighted by Gasteiger charge is 1.98. The minimum absolute atomic E-state index is 0.146. The number of nitrogens with zero attached hydrogens (tertiary/aromatic N) is 1. The van der Waals surface area contributed by atoms with E-state index in [2.05, 4.69) is 0 Å². The molecule has 3 heteroatoms. The maximum Gasteiger partial charge on any atom is 0.111 e. The molecule has 1 atom stereocenters. The zero-order valence-corrected chi connectivity index (χ0v) is 8.09. The van der Waals surface area contributed by atoms with E-state index in [1.54, 1.807) is 0 Å². The first-order chi connectivity index (χ1) is 6.33. The number of nitriles is 1. The molecular formula is C10H11NOS. The summed E-state index contributed by atoms with van der Waals surface area (Å²) >= 11 is 0. The molecule has 0 saturated carbocycles. The van der Waals surface area contributed by atoms with Crippen LogP contribution in [0.25, 0.3) is 0 Å². The van der Waals surface area contributed by atoms with Crippen molar-refractivity contribution in [3.63, 3.8) is 0 Å². The molecule has 2 nitrogen and oxygen atoms in total. The molecule has 0 spiro atoms. The van der Waals surface area contributed by atoms with Crippen molar-refractivity contribution in [1.29, 1.82) is 5.26 Å². The number of hydrogen-bond acceptors (Lipinski definition) is 2. The summed E-state index contributed by atoms with van der Waals surface area (Å²) in [6.07, 6.45) is 0.787. The van der Waals surface area contributed by atoms with Crippen LogP contribution in [0, 0.1) is 11.3 Å². The number of hydrogen-bond donors (Lipinski definition) is 0. The van der Waals surface area contributed by atoms with Gasteiger partial charge in [0.25, 0.3) is 0 Å². The average Bonchev–Trinajstić information content (AvgIpc) is 2.17. The van der Waals surface area contributed by atoms with Crippen molar-refractivity contribution in [3.05, 3.63) is 35.9 Å². The summed E-state index contributed by atoms with van der Waals surface area (Å²) in [5.74, 6) is 0.727. The molecule has 13 heavy (non-hydrogen) atoms. The summed E-state index contributed by atoms with van der Waals surface area (Å²) in [4.78, 5) is 0. The summed E-state index contributed by atoms with van der Waals surface area (Å²) in [6, 6.07) is 11.8. The van der Waals surface area contributed by atoms with Gasteiger partial charge in [-0.3, -0.25) is 4.21 Å². The Morgan fingerprint density at radius 3 is 2.62 bits per heavy atom. The highest BCUT2D eigenvalue weighted by atomic mass is 32.2. The first-order valence-corrected chi connectivity index (χ1v) is 5.57. The molecule has 0 aromatic heterocycles. The Morgan fingerprint density at radius 2 is 2.00 bits per heavy atom. The van der Waals surface area contributed by atoms with E-state index in [-0.39, 0.29) is 5.75 Å². The van der Waals surface area contributed by atoms with Crippen LogP contribution in [0.5, 0.6) is 0 Å². The first kappa shape index (κ1) is 9.94. The van der Waals surface area contributed by atoms with E-state index < -0.39 is 10.8 Å². The fraction of sp³-hybridized carbons (Fsp3) is 0.300. The Morgan fingerprint density at radius 1 is 1.31 bits per heavy atom. The lowest BCUT2D eigenvalue weighted by molar-refractivity contribution is 0.684. The van der Waals surface area contributed by atoms with Gasteiger partial charge in [0.05, 0.1) is 6.07 Å². The zero-order chi connectivity index (χ0) is 9.52. The monoisotopic (exact) mass is 193 g/mol. The summed E-state index contributed by atoms with van der Waals surface area (Å²) in [6.45, 7) is 0. The van der Waals surface area contributed by atoms with E-state index in [0.29, 0.717) is 5.75 Å². The molecule has 0 bridgehead atoms. The predicted octanol–water partition coefficient (Wildman–Crippen LogP) is 1.50. The van der Waals surface area contributed by atoms with Gasteiger partial charge in [-0.1, -0.05) is 30.3 Å². The van der Waals surface area contributed by atoms with Crippen molar-refractivity contribution in [2.75, 3.05) is 11.5 Å². The highest BCUT2D eigenvalue weighted by molar-refractivity contribution is 7.85. The lowest BCUT2D eigenvalue weighted by atomic mass is 10.2. The van der Waals surface area contributed by atoms with Gasteiger partial charge in [0.2, 0.25) is 0 Å². The second-order valence-electron chi connectivity index (χ2n) is 2.68.